The Hall–Kier alpha value is -0.673. The van der Waals surface area contributed by atoms with Crippen molar-refractivity contribution in [1.82, 2.24) is 4.98 Å². The van der Waals surface area contributed by atoms with Gasteiger partial charge >= 0.3 is 0 Å². The van der Waals surface area contributed by atoms with Crippen LogP contribution in [0.4, 0.5) is 0 Å². The van der Waals surface area contributed by atoms with E-state index in [0.29, 0.717) is 9.52 Å². The molecule has 0 aliphatic carbocycles. The molecule has 0 atom stereocenters. The van der Waals surface area contributed by atoms with Crippen molar-refractivity contribution in [2.45, 2.75) is 0 Å². The first kappa shape index (κ1) is 7.43. The molecule has 0 amide bonds. The molecule has 0 aromatic carbocycles. The number of hydrogen-bond donors (Lipinski definition) is 0. The predicted octanol–water partition coefficient (Wildman–Crippen LogP) is 0.0150. The average molecular weight is 151 g/mol. The Kier molecular flexibility index (Phi) is 3.12. The minimum Gasteiger partial charge on any atom is -0.388 e. The lowest BCUT2D eigenvalue weighted by molar-refractivity contribution is 0.252. The normalized spacial score (nSPS) is 9.70. The summed E-state index contributed by atoms with van der Waals surface area (Å²) in [5, 5.41) is 1.12. The number of ether oxygens (including phenoxy) is 1. The molecule has 1 rings (SSSR count). The van der Waals surface area contributed by atoms with Crippen LogP contribution in [-0.2, 0) is 4.74 Å². The molecule has 10 heavy (non-hydrogen) atoms. The van der Waals surface area contributed by atoms with Crippen molar-refractivity contribution in [3.8, 4) is 0 Å². The van der Waals surface area contributed by atoms with Crippen LogP contribution in [0.3, 0.4) is 0 Å². The summed E-state index contributed by atoms with van der Waals surface area (Å²) in [6, 6.07) is 5.92. The lowest BCUT2D eigenvalue weighted by Gasteiger charge is -1.94. The van der Waals surface area contributed by atoms with E-state index >= 15 is 0 Å². The second-order valence-electron chi connectivity index (χ2n) is 1.82. The van der Waals surface area contributed by atoms with Gasteiger partial charge in [-0.05, 0) is 12.1 Å². The molecule has 0 aliphatic heterocycles. The molecule has 0 unspecified atom stereocenters. The first-order valence-corrected chi connectivity index (χ1v) is 4.28. The van der Waals surface area contributed by atoms with Crippen LogP contribution in [-0.4, -0.2) is 27.8 Å². The molecule has 0 spiro atoms. The summed E-state index contributed by atoms with van der Waals surface area (Å²) in [5.74, 6) is 0. The van der Waals surface area contributed by atoms with Crippen molar-refractivity contribution in [2.24, 2.45) is 0 Å². The molecule has 1 heterocycles. The Morgan fingerprint density at radius 3 is 3.10 bits per heavy atom. The van der Waals surface area contributed by atoms with Gasteiger partial charge in [0.05, 0.1) is 0 Å². The van der Waals surface area contributed by atoms with Gasteiger partial charge in [-0.15, -0.1) is 0 Å². The highest BCUT2D eigenvalue weighted by Crippen LogP contribution is 1.75. The van der Waals surface area contributed by atoms with Crippen molar-refractivity contribution in [3.05, 3.63) is 24.4 Å². The van der Waals surface area contributed by atoms with Crippen LogP contribution in [0.15, 0.2) is 24.4 Å². The van der Waals surface area contributed by atoms with E-state index in [1.54, 1.807) is 13.3 Å². The monoisotopic (exact) mass is 151 g/mol. The summed E-state index contributed by atoms with van der Waals surface area (Å²) >= 11 is 0. The molecule has 0 N–H and O–H groups in total. The van der Waals surface area contributed by atoms with Crippen molar-refractivity contribution in [1.29, 1.82) is 0 Å². The van der Waals surface area contributed by atoms with Gasteiger partial charge < -0.3 is 4.74 Å². The SMILES string of the molecule is COC[Si]c1ccccn1. The zero-order valence-electron chi connectivity index (χ0n) is 5.87. The summed E-state index contributed by atoms with van der Waals surface area (Å²) in [7, 11) is 2.38. The Morgan fingerprint density at radius 1 is 1.60 bits per heavy atom. The molecule has 2 radical (unpaired) electrons. The topological polar surface area (TPSA) is 22.1 Å². The zero-order valence-corrected chi connectivity index (χ0v) is 6.87. The second kappa shape index (κ2) is 4.19. The minimum atomic E-state index is 0.671. The van der Waals surface area contributed by atoms with E-state index in [2.05, 4.69) is 4.98 Å². The maximum atomic E-state index is 4.92. The van der Waals surface area contributed by atoms with E-state index in [9.17, 15) is 0 Å². The summed E-state index contributed by atoms with van der Waals surface area (Å²) < 4.78 is 4.92. The number of nitrogens with zero attached hydrogens (tertiary/aromatic N) is 1. The molecule has 1 aromatic heterocycles. The van der Waals surface area contributed by atoms with Crippen LogP contribution in [0, 0.1) is 0 Å². The van der Waals surface area contributed by atoms with E-state index in [1.165, 1.54) is 0 Å². The summed E-state index contributed by atoms with van der Waals surface area (Å²) in [6.45, 7) is 0. The summed E-state index contributed by atoms with van der Waals surface area (Å²) in [5.41, 5.74) is 0. The number of aromatic nitrogens is 1. The highest BCUT2D eigenvalue weighted by Gasteiger charge is 1.91. The van der Waals surface area contributed by atoms with Gasteiger partial charge in [0.15, 0.2) is 0 Å². The van der Waals surface area contributed by atoms with E-state index in [-0.39, 0.29) is 0 Å². The predicted molar refractivity (Wildman–Crippen MR) is 41.5 cm³/mol. The van der Waals surface area contributed by atoms with Gasteiger partial charge in [-0.25, -0.2) is 0 Å². The van der Waals surface area contributed by atoms with Crippen molar-refractivity contribution in [2.75, 3.05) is 13.3 Å². The van der Waals surface area contributed by atoms with Crippen LogP contribution in [0.2, 0.25) is 0 Å². The number of rotatable bonds is 3. The Bertz CT molecular complexity index is 178. The van der Waals surface area contributed by atoms with Gasteiger partial charge in [0.2, 0.25) is 0 Å². The maximum Gasteiger partial charge on any atom is 0.140 e. The van der Waals surface area contributed by atoms with Crippen molar-refractivity contribution >= 4 is 14.8 Å². The minimum absolute atomic E-state index is 0.671. The van der Waals surface area contributed by atoms with E-state index in [1.807, 2.05) is 18.2 Å². The largest absolute Gasteiger partial charge is 0.388 e. The third-order valence-electron chi connectivity index (χ3n) is 1.06. The van der Waals surface area contributed by atoms with E-state index < -0.39 is 0 Å². The molecule has 0 aliphatic rings. The highest BCUT2D eigenvalue weighted by atomic mass is 28.2. The molecule has 2 nitrogen and oxygen atoms in total. The average Bonchev–Trinajstić information content (AvgIpc) is 2.03. The van der Waals surface area contributed by atoms with E-state index in [0.717, 1.165) is 11.5 Å². The van der Waals surface area contributed by atoms with Gasteiger partial charge in [-0.3, -0.25) is 4.98 Å². The van der Waals surface area contributed by atoms with Crippen molar-refractivity contribution < 1.29 is 4.74 Å². The molecule has 0 saturated heterocycles. The number of pyridine rings is 1. The zero-order chi connectivity index (χ0) is 7.23. The number of hydrogen-bond acceptors (Lipinski definition) is 2. The van der Waals surface area contributed by atoms with Gasteiger partial charge in [0, 0.05) is 24.9 Å². The standard InChI is InChI=1S/C7H9NOSi/c1-9-6-10-7-4-2-3-5-8-7/h2-5H,6H2,1H3. The third kappa shape index (κ3) is 2.29. The first-order chi connectivity index (χ1) is 4.93. The molecular formula is C7H9NOSi. The lowest BCUT2D eigenvalue weighted by atomic mass is 10.5. The third-order valence-corrected chi connectivity index (χ3v) is 2.15. The molecule has 3 heteroatoms. The summed E-state index contributed by atoms with van der Waals surface area (Å²) in [4.78, 5) is 4.15. The molecule has 1 aromatic rings. The van der Waals surface area contributed by atoms with Gasteiger partial charge in [-0.2, -0.15) is 0 Å². The maximum absolute atomic E-state index is 4.92. The van der Waals surface area contributed by atoms with Gasteiger partial charge in [-0.1, -0.05) is 6.07 Å². The second-order valence-corrected chi connectivity index (χ2v) is 2.98. The molecule has 0 bridgehead atoms. The molecular weight excluding hydrogens is 142 g/mol. The highest BCUT2D eigenvalue weighted by molar-refractivity contribution is 6.52. The van der Waals surface area contributed by atoms with Crippen LogP contribution < -0.4 is 5.32 Å². The quantitative estimate of drug-likeness (QED) is 0.568. The van der Waals surface area contributed by atoms with E-state index in [4.69, 9.17) is 4.74 Å². The molecule has 52 valence electrons. The molecule has 0 fully saturated rings. The Balaban J connectivity index is 2.43. The van der Waals surface area contributed by atoms with Crippen LogP contribution in [0.25, 0.3) is 0 Å². The Morgan fingerprint density at radius 2 is 2.50 bits per heavy atom. The number of methoxy groups -OCH3 is 1. The fraction of sp³-hybridized carbons (Fsp3) is 0.286. The fourth-order valence-electron chi connectivity index (χ4n) is 0.613. The fourth-order valence-corrected chi connectivity index (χ4v) is 1.29. The smallest absolute Gasteiger partial charge is 0.140 e. The van der Waals surface area contributed by atoms with Gasteiger partial charge in [0.1, 0.15) is 9.52 Å². The Labute approximate surface area is 63.1 Å². The first-order valence-electron chi connectivity index (χ1n) is 3.07. The lowest BCUT2D eigenvalue weighted by Crippen LogP contribution is -2.21. The van der Waals surface area contributed by atoms with Crippen LogP contribution in [0.1, 0.15) is 0 Å². The van der Waals surface area contributed by atoms with Gasteiger partial charge in [0.25, 0.3) is 0 Å². The summed E-state index contributed by atoms with van der Waals surface area (Å²) in [6.07, 6.45) is 2.58. The van der Waals surface area contributed by atoms with Crippen LogP contribution in [0.5, 0.6) is 0 Å². The van der Waals surface area contributed by atoms with Crippen LogP contribution >= 0.6 is 0 Å². The molecule has 0 saturated carbocycles. The van der Waals surface area contributed by atoms with Crippen molar-refractivity contribution in [3.63, 3.8) is 0 Å².